The maximum Gasteiger partial charge on any atom is 0.341 e. The van der Waals surface area contributed by atoms with Crippen LogP contribution in [-0.4, -0.2) is 23.3 Å². The van der Waals surface area contributed by atoms with Crippen molar-refractivity contribution in [3.8, 4) is 11.5 Å². The van der Waals surface area contributed by atoms with Gasteiger partial charge in [-0.1, -0.05) is 29.8 Å². The predicted molar refractivity (Wildman–Crippen MR) is 72.3 cm³/mol. The number of para-hydroxylation sites is 1. The van der Waals surface area contributed by atoms with Crippen LogP contribution in [0.1, 0.15) is 15.9 Å². The molecule has 19 heavy (non-hydrogen) atoms. The molecule has 0 spiro atoms. The zero-order chi connectivity index (χ0) is 14.3. The first kappa shape index (κ1) is 14.6. The molecule has 0 aromatic heterocycles. The number of aromatic hydroxyl groups is 2. The molecule has 0 aliphatic carbocycles. The van der Waals surface area contributed by atoms with Crippen molar-refractivity contribution >= 4 is 5.97 Å². The number of carbonyl (C=O) groups is 1. The van der Waals surface area contributed by atoms with Gasteiger partial charge in [-0.25, -0.2) is 4.79 Å². The number of aryl methyl sites for hydroxylation is 1. The van der Waals surface area contributed by atoms with Crippen LogP contribution in [0.15, 0.2) is 48.5 Å². The van der Waals surface area contributed by atoms with E-state index in [0.29, 0.717) is 5.75 Å². The van der Waals surface area contributed by atoms with Crippen LogP contribution in [0.2, 0.25) is 0 Å². The highest BCUT2D eigenvalue weighted by Gasteiger charge is 2.08. The van der Waals surface area contributed by atoms with Gasteiger partial charge >= 0.3 is 5.97 Å². The molecule has 2 aromatic carbocycles. The van der Waals surface area contributed by atoms with Crippen LogP contribution >= 0.6 is 0 Å². The monoisotopic (exact) mass is 260 g/mol. The summed E-state index contributed by atoms with van der Waals surface area (Å²) in [4.78, 5) is 10.9. The molecule has 0 saturated carbocycles. The maximum absolute atomic E-state index is 10.9. The summed E-state index contributed by atoms with van der Waals surface area (Å²) in [6, 6.07) is 13.3. The number of hydrogen-bond donors (Lipinski definition) is 2. The molecule has 0 radical (unpaired) electrons. The standard InChI is InChI=1S/C8H8O3.C7H8O/c1-11-8(10)6-4-2-3-5-7(6)9;1-6-2-4-7(8)5-3-6/h2-5,9H,1H3;2-5,8H,1H3. The molecule has 2 N–H and O–H groups in total. The quantitative estimate of drug-likeness (QED) is 0.774. The van der Waals surface area contributed by atoms with E-state index in [4.69, 9.17) is 10.2 Å². The van der Waals surface area contributed by atoms with Gasteiger partial charge in [0.2, 0.25) is 0 Å². The zero-order valence-electron chi connectivity index (χ0n) is 10.8. The van der Waals surface area contributed by atoms with E-state index in [1.807, 2.05) is 19.1 Å². The van der Waals surface area contributed by atoms with Crippen molar-refractivity contribution in [2.24, 2.45) is 0 Å². The molecule has 0 fully saturated rings. The molecule has 0 amide bonds. The Kier molecular flexibility index (Phi) is 5.41. The van der Waals surface area contributed by atoms with Gasteiger partial charge in [-0.2, -0.15) is 0 Å². The molecule has 0 heterocycles. The van der Waals surface area contributed by atoms with Gasteiger partial charge in [-0.15, -0.1) is 0 Å². The fourth-order valence-electron chi connectivity index (χ4n) is 1.30. The van der Waals surface area contributed by atoms with E-state index < -0.39 is 5.97 Å². The van der Waals surface area contributed by atoms with Gasteiger partial charge in [-0.3, -0.25) is 0 Å². The third-order valence-electron chi connectivity index (χ3n) is 2.34. The van der Waals surface area contributed by atoms with E-state index in [9.17, 15) is 4.79 Å². The van der Waals surface area contributed by atoms with Crippen LogP contribution in [-0.2, 0) is 4.74 Å². The normalized spacial score (nSPS) is 9.16. The minimum atomic E-state index is -0.525. The SMILES string of the molecule is COC(=O)c1ccccc1O.Cc1ccc(O)cc1. The zero-order valence-corrected chi connectivity index (χ0v) is 10.8. The molecular formula is C15H16O4. The number of phenolic OH excluding ortho intramolecular Hbond substituents is 2. The largest absolute Gasteiger partial charge is 0.508 e. The lowest BCUT2D eigenvalue weighted by Gasteiger charge is -1.99. The van der Waals surface area contributed by atoms with Crippen LogP contribution in [0.25, 0.3) is 0 Å². The number of phenols is 2. The van der Waals surface area contributed by atoms with Crippen molar-refractivity contribution in [2.45, 2.75) is 6.92 Å². The van der Waals surface area contributed by atoms with Crippen LogP contribution < -0.4 is 0 Å². The second-order valence-electron chi connectivity index (χ2n) is 3.84. The van der Waals surface area contributed by atoms with Crippen molar-refractivity contribution in [1.29, 1.82) is 0 Å². The van der Waals surface area contributed by atoms with E-state index in [0.717, 1.165) is 0 Å². The highest BCUT2D eigenvalue weighted by Crippen LogP contribution is 2.15. The Morgan fingerprint density at radius 2 is 1.58 bits per heavy atom. The van der Waals surface area contributed by atoms with Gasteiger partial charge in [0.25, 0.3) is 0 Å². The van der Waals surface area contributed by atoms with Gasteiger partial charge in [-0.05, 0) is 31.2 Å². The van der Waals surface area contributed by atoms with Gasteiger partial charge in [0.15, 0.2) is 0 Å². The second kappa shape index (κ2) is 7.06. The number of rotatable bonds is 1. The van der Waals surface area contributed by atoms with Crippen molar-refractivity contribution < 1.29 is 19.7 Å². The van der Waals surface area contributed by atoms with Crippen LogP contribution in [0, 0.1) is 6.92 Å². The van der Waals surface area contributed by atoms with Crippen molar-refractivity contribution in [3.63, 3.8) is 0 Å². The molecule has 0 bridgehead atoms. The average molecular weight is 260 g/mol. The van der Waals surface area contributed by atoms with Crippen molar-refractivity contribution in [3.05, 3.63) is 59.7 Å². The summed E-state index contributed by atoms with van der Waals surface area (Å²) in [5, 5.41) is 17.9. The Labute approximate surface area is 111 Å². The average Bonchev–Trinajstić information content (AvgIpc) is 2.42. The van der Waals surface area contributed by atoms with E-state index in [2.05, 4.69) is 4.74 Å². The highest BCUT2D eigenvalue weighted by molar-refractivity contribution is 5.92. The number of esters is 1. The lowest BCUT2D eigenvalue weighted by atomic mass is 10.2. The fourth-order valence-corrected chi connectivity index (χ4v) is 1.30. The first-order valence-corrected chi connectivity index (χ1v) is 5.66. The summed E-state index contributed by atoms with van der Waals surface area (Å²) in [7, 11) is 1.27. The third-order valence-corrected chi connectivity index (χ3v) is 2.34. The molecule has 2 rings (SSSR count). The maximum atomic E-state index is 10.9. The van der Waals surface area contributed by atoms with E-state index >= 15 is 0 Å². The summed E-state index contributed by atoms with van der Waals surface area (Å²) in [5.41, 5.74) is 1.36. The topological polar surface area (TPSA) is 66.8 Å². The van der Waals surface area contributed by atoms with E-state index in [1.165, 1.54) is 24.8 Å². The molecule has 0 aliphatic rings. The molecule has 0 saturated heterocycles. The highest BCUT2D eigenvalue weighted by atomic mass is 16.5. The van der Waals surface area contributed by atoms with Crippen LogP contribution in [0.4, 0.5) is 0 Å². The number of ether oxygens (including phenoxy) is 1. The number of methoxy groups -OCH3 is 1. The van der Waals surface area contributed by atoms with E-state index in [1.54, 1.807) is 24.3 Å². The van der Waals surface area contributed by atoms with Crippen LogP contribution in [0.5, 0.6) is 11.5 Å². The van der Waals surface area contributed by atoms with Gasteiger partial charge in [0.1, 0.15) is 17.1 Å². The van der Waals surface area contributed by atoms with Crippen molar-refractivity contribution in [1.82, 2.24) is 0 Å². The Morgan fingerprint density at radius 1 is 1.00 bits per heavy atom. The van der Waals surface area contributed by atoms with Gasteiger partial charge < -0.3 is 14.9 Å². The number of hydrogen-bond acceptors (Lipinski definition) is 4. The van der Waals surface area contributed by atoms with E-state index in [-0.39, 0.29) is 11.3 Å². The molecule has 4 heteroatoms. The molecule has 0 atom stereocenters. The lowest BCUT2D eigenvalue weighted by Crippen LogP contribution is -2.00. The minimum absolute atomic E-state index is 0.0562. The molecule has 4 nitrogen and oxygen atoms in total. The van der Waals surface area contributed by atoms with Gasteiger partial charge in [0, 0.05) is 0 Å². The molecule has 0 aliphatic heterocycles. The Morgan fingerprint density at radius 3 is 2.05 bits per heavy atom. The summed E-state index contributed by atoms with van der Waals surface area (Å²) in [5.74, 6) is -0.252. The molecule has 0 unspecified atom stereocenters. The second-order valence-corrected chi connectivity index (χ2v) is 3.84. The smallest absolute Gasteiger partial charge is 0.341 e. The Balaban J connectivity index is 0.000000200. The summed E-state index contributed by atoms with van der Waals surface area (Å²) < 4.78 is 4.42. The van der Waals surface area contributed by atoms with Crippen molar-refractivity contribution in [2.75, 3.05) is 7.11 Å². The molecule has 100 valence electrons. The molecule has 2 aromatic rings. The summed E-state index contributed by atoms with van der Waals surface area (Å²) >= 11 is 0. The van der Waals surface area contributed by atoms with Gasteiger partial charge in [0.05, 0.1) is 7.11 Å². The minimum Gasteiger partial charge on any atom is -0.508 e. The third kappa shape index (κ3) is 4.71. The number of carbonyl (C=O) groups excluding carboxylic acids is 1. The first-order valence-electron chi connectivity index (χ1n) is 5.66. The van der Waals surface area contributed by atoms with Crippen LogP contribution in [0.3, 0.4) is 0 Å². The Bertz CT molecular complexity index is 511. The summed E-state index contributed by atoms with van der Waals surface area (Å²) in [6.07, 6.45) is 0. The summed E-state index contributed by atoms with van der Waals surface area (Å²) in [6.45, 7) is 1.99. The Hall–Kier alpha value is -2.49. The first-order chi connectivity index (χ1) is 9.04. The number of benzene rings is 2. The molecular weight excluding hydrogens is 244 g/mol. The fraction of sp³-hybridized carbons (Fsp3) is 0.133. The lowest BCUT2D eigenvalue weighted by molar-refractivity contribution is 0.0597. The predicted octanol–water partition coefficient (Wildman–Crippen LogP) is 2.88.